The predicted molar refractivity (Wildman–Crippen MR) is 217 cm³/mol. The van der Waals surface area contributed by atoms with Gasteiger partial charge in [0.05, 0.1) is 39.4 Å². The van der Waals surface area contributed by atoms with Crippen molar-refractivity contribution in [3.8, 4) is 45.2 Å². The molecule has 0 unspecified atom stereocenters. The first-order chi connectivity index (χ1) is 26.3. The minimum absolute atomic E-state index is 0.763. The predicted octanol–water partition coefficient (Wildman–Crippen LogP) is 12.4. The van der Waals surface area contributed by atoms with Gasteiger partial charge in [-0.1, -0.05) is 103 Å². The Labute approximate surface area is 303 Å². The molecule has 0 amide bonds. The summed E-state index contributed by atoms with van der Waals surface area (Å²) < 4.78 is 6.75. The molecule has 0 aliphatic carbocycles. The molecule has 0 N–H and O–H groups in total. The van der Waals surface area contributed by atoms with E-state index in [-0.39, 0.29) is 0 Å². The van der Waals surface area contributed by atoms with Crippen LogP contribution in [0.1, 0.15) is 0 Å². The van der Waals surface area contributed by atoms with Crippen LogP contribution < -0.4 is 0 Å². The molecule has 0 radical (unpaired) electrons. The van der Waals surface area contributed by atoms with Crippen molar-refractivity contribution in [1.29, 1.82) is 0 Å². The lowest BCUT2D eigenvalue weighted by molar-refractivity contribution is 0.672. The highest BCUT2D eigenvalue weighted by Crippen LogP contribution is 2.44. The van der Waals surface area contributed by atoms with Crippen molar-refractivity contribution in [1.82, 2.24) is 19.9 Å². The number of fused-ring (bicyclic) bond motifs is 11. The average molecular weight is 677 g/mol. The summed E-state index contributed by atoms with van der Waals surface area (Å²) >= 11 is 0. The number of rotatable bonds is 4. The highest BCUT2D eigenvalue weighted by molar-refractivity contribution is 6.26. The van der Waals surface area contributed by atoms with Gasteiger partial charge in [0.25, 0.3) is 0 Å². The van der Waals surface area contributed by atoms with Crippen LogP contribution in [0.2, 0.25) is 0 Å². The van der Waals surface area contributed by atoms with E-state index in [9.17, 15) is 0 Å². The summed E-state index contributed by atoms with van der Waals surface area (Å²) in [5.41, 5.74) is 9.46. The maximum Gasteiger partial charge on any atom is 0.147 e. The van der Waals surface area contributed by atoms with Gasteiger partial charge in [-0.25, -0.2) is 9.97 Å². The van der Waals surface area contributed by atoms with Crippen LogP contribution in [0.5, 0.6) is 0 Å². The van der Waals surface area contributed by atoms with Crippen molar-refractivity contribution in [3.05, 3.63) is 170 Å². The first-order valence-corrected chi connectivity index (χ1v) is 17.7. The Kier molecular flexibility index (Phi) is 6.48. The van der Waals surface area contributed by atoms with E-state index in [0.717, 1.165) is 78.0 Å². The molecule has 0 aliphatic rings. The number of nitrogens with zero attached hydrogens (tertiary/aromatic N) is 4. The van der Waals surface area contributed by atoms with E-state index in [0.29, 0.717) is 0 Å². The van der Waals surface area contributed by atoms with Gasteiger partial charge in [-0.2, -0.15) is 0 Å². The minimum atomic E-state index is 0.763. The van der Waals surface area contributed by atoms with E-state index in [2.05, 4.69) is 119 Å². The van der Waals surface area contributed by atoms with Gasteiger partial charge in [-0.05, 0) is 92.5 Å². The van der Waals surface area contributed by atoms with Crippen molar-refractivity contribution in [2.75, 3.05) is 0 Å². The smallest absolute Gasteiger partial charge is 0.147 e. The van der Waals surface area contributed by atoms with Gasteiger partial charge < -0.3 is 4.42 Å². The Morgan fingerprint density at radius 3 is 1.58 bits per heavy atom. The fourth-order valence-corrected chi connectivity index (χ4v) is 7.96. The van der Waals surface area contributed by atoms with Gasteiger partial charge in [0.1, 0.15) is 11.2 Å². The zero-order valence-electron chi connectivity index (χ0n) is 28.4. The highest BCUT2D eigenvalue weighted by atomic mass is 16.3. The molecule has 53 heavy (non-hydrogen) atoms. The summed E-state index contributed by atoms with van der Waals surface area (Å²) in [4.78, 5) is 20.0. The molecular formula is C48H28N4O. The number of aromatic nitrogens is 4. The van der Waals surface area contributed by atoms with Crippen molar-refractivity contribution in [3.63, 3.8) is 0 Å². The average Bonchev–Trinajstić information content (AvgIpc) is 3.64. The molecule has 11 rings (SSSR count). The van der Waals surface area contributed by atoms with Gasteiger partial charge >= 0.3 is 0 Å². The molecule has 0 bridgehead atoms. The van der Waals surface area contributed by atoms with Crippen LogP contribution in [0.15, 0.2) is 175 Å². The summed E-state index contributed by atoms with van der Waals surface area (Å²) in [6, 6.07) is 54.7. The summed E-state index contributed by atoms with van der Waals surface area (Å²) in [6.07, 6.45) is 3.59. The first-order valence-electron chi connectivity index (χ1n) is 17.7. The van der Waals surface area contributed by atoms with Crippen LogP contribution in [-0.2, 0) is 0 Å². The second-order valence-corrected chi connectivity index (χ2v) is 13.4. The molecule has 5 aromatic heterocycles. The van der Waals surface area contributed by atoms with Crippen LogP contribution in [-0.4, -0.2) is 19.9 Å². The van der Waals surface area contributed by atoms with Gasteiger partial charge in [-0.15, -0.1) is 0 Å². The Balaban J connectivity index is 1.23. The molecule has 11 aromatic rings. The SMILES string of the molecule is c1ccc(-c2cc(-c3cccc4c3nc(-c3ccc5c6ccccc6c6ccccc6c5c3)c3c5ccccc5oc43)cc(-c3ccccn3)n2)nc1. The molecule has 0 aliphatic heterocycles. The van der Waals surface area contributed by atoms with Crippen molar-refractivity contribution in [2.45, 2.75) is 0 Å². The highest BCUT2D eigenvalue weighted by Gasteiger charge is 2.21. The van der Waals surface area contributed by atoms with E-state index < -0.39 is 0 Å². The molecule has 0 fully saturated rings. The number of hydrogen-bond acceptors (Lipinski definition) is 5. The largest absolute Gasteiger partial charge is 0.455 e. The minimum Gasteiger partial charge on any atom is -0.455 e. The molecule has 0 atom stereocenters. The van der Waals surface area contributed by atoms with Crippen molar-refractivity contribution >= 4 is 65.2 Å². The van der Waals surface area contributed by atoms with Crippen LogP contribution in [0, 0.1) is 0 Å². The van der Waals surface area contributed by atoms with Crippen LogP contribution in [0.25, 0.3) is 110 Å². The lowest BCUT2D eigenvalue weighted by atomic mass is 9.92. The quantitative estimate of drug-likeness (QED) is 0.174. The van der Waals surface area contributed by atoms with Gasteiger partial charge in [-0.3, -0.25) is 9.97 Å². The third-order valence-corrected chi connectivity index (χ3v) is 10.3. The third-order valence-electron chi connectivity index (χ3n) is 10.3. The topological polar surface area (TPSA) is 64.7 Å². The summed E-state index contributed by atoms with van der Waals surface area (Å²) in [5.74, 6) is 0. The monoisotopic (exact) mass is 676 g/mol. The van der Waals surface area contributed by atoms with Crippen LogP contribution in [0.3, 0.4) is 0 Å². The second-order valence-electron chi connectivity index (χ2n) is 13.4. The zero-order valence-corrected chi connectivity index (χ0v) is 28.4. The molecule has 0 saturated heterocycles. The maximum absolute atomic E-state index is 6.75. The molecule has 5 nitrogen and oxygen atoms in total. The molecule has 5 heterocycles. The lowest BCUT2D eigenvalue weighted by Gasteiger charge is -2.14. The van der Waals surface area contributed by atoms with Gasteiger partial charge in [0.2, 0.25) is 0 Å². The number of benzene rings is 6. The molecule has 5 heteroatoms. The summed E-state index contributed by atoms with van der Waals surface area (Å²) in [7, 11) is 0. The van der Waals surface area contributed by atoms with E-state index >= 15 is 0 Å². The first kappa shape index (κ1) is 29.5. The number of pyridine rings is 4. The number of furan rings is 1. The molecular weight excluding hydrogens is 649 g/mol. The lowest BCUT2D eigenvalue weighted by Crippen LogP contribution is -1.95. The normalized spacial score (nSPS) is 11.8. The number of para-hydroxylation sites is 2. The number of hydrogen-bond donors (Lipinski definition) is 0. The van der Waals surface area contributed by atoms with E-state index in [1.54, 1.807) is 12.4 Å². The fraction of sp³-hybridized carbons (Fsp3) is 0. The summed E-state index contributed by atoms with van der Waals surface area (Å²) in [6.45, 7) is 0. The van der Waals surface area contributed by atoms with E-state index in [1.807, 2.05) is 48.5 Å². The second kappa shape index (κ2) is 11.7. The Bertz CT molecular complexity index is 3130. The Hall–Kier alpha value is -7.24. The maximum atomic E-state index is 6.75. The Morgan fingerprint density at radius 1 is 0.377 bits per heavy atom. The fourth-order valence-electron chi connectivity index (χ4n) is 7.96. The zero-order chi connectivity index (χ0) is 34.9. The van der Waals surface area contributed by atoms with E-state index in [4.69, 9.17) is 14.4 Å². The van der Waals surface area contributed by atoms with Gasteiger partial charge in [0, 0.05) is 34.3 Å². The molecule has 6 aromatic carbocycles. The van der Waals surface area contributed by atoms with Crippen LogP contribution in [0.4, 0.5) is 0 Å². The third kappa shape index (κ3) is 4.64. The van der Waals surface area contributed by atoms with Gasteiger partial charge in [0.15, 0.2) is 0 Å². The van der Waals surface area contributed by atoms with Crippen molar-refractivity contribution < 1.29 is 4.42 Å². The summed E-state index contributed by atoms with van der Waals surface area (Å²) in [5, 5.41) is 10.4. The standard InChI is InChI=1S/C48H28N4O/c1-2-14-34-32(12-1)33-13-3-4-15-35(33)39-26-29(22-23-36(34)39)46-45-37-16-5-6-21-44(37)53-48(45)38-18-11-17-31(47(38)52-46)30-27-42(40-19-7-9-24-49-40)51-43(28-30)41-20-8-10-25-50-41/h1-28H. The van der Waals surface area contributed by atoms with Crippen LogP contribution >= 0.6 is 0 Å². The molecule has 0 spiro atoms. The molecule has 0 saturated carbocycles. The van der Waals surface area contributed by atoms with E-state index in [1.165, 1.54) is 32.3 Å². The van der Waals surface area contributed by atoms with Crippen molar-refractivity contribution in [2.24, 2.45) is 0 Å². The Morgan fingerprint density at radius 2 is 0.943 bits per heavy atom. The molecule has 246 valence electrons.